The molecule has 1 saturated heterocycles. The Morgan fingerprint density at radius 1 is 1.27 bits per heavy atom. The number of furan rings is 2. The van der Waals surface area contributed by atoms with Gasteiger partial charge < -0.3 is 14.2 Å². The highest BCUT2D eigenvalue weighted by molar-refractivity contribution is 7.15. The number of thiazole rings is 1. The number of hydrogen-bond donors (Lipinski definition) is 1. The summed E-state index contributed by atoms with van der Waals surface area (Å²) in [5, 5.41) is 3.76. The SMILES string of the molecule is Cc1sc(-c2ccco2)nc1C(=O)NCC(c1ccco1)N1CCCC1. The van der Waals surface area contributed by atoms with Gasteiger partial charge in [0.05, 0.1) is 18.6 Å². The Kier molecular flexibility index (Phi) is 4.90. The molecule has 0 aromatic carbocycles. The van der Waals surface area contributed by atoms with Crippen LogP contribution in [0.1, 0.15) is 40.0 Å². The highest BCUT2D eigenvalue weighted by Gasteiger charge is 2.27. The van der Waals surface area contributed by atoms with Crippen molar-refractivity contribution in [2.45, 2.75) is 25.8 Å². The molecule has 3 aromatic heterocycles. The lowest BCUT2D eigenvalue weighted by molar-refractivity contribution is 0.0929. The van der Waals surface area contributed by atoms with Crippen LogP contribution in [-0.4, -0.2) is 35.4 Å². The zero-order valence-corrected chi connectivity index (χ0v) is 15.4. The van der Waals surface area contributed by atoms with Gasteiger partial charge in [-0.05, 0) is 57.1 Å². The summed E-state index contributed by atoms with van der Waals surface area (Å²) in [6.07, 6.45) is 5.65. The Hall–Kier alpha value is -2.38. The maximum Gasteiger partial charge on any atom is 0.271 e. The van der Waals surface area contributed by atoms with E-state index >= 15 is 0 Å². The van der Waals surface area contributed by atoms with Crippen LogP contribution in [0, 0.1) is 6.92 Å². The lowest BCUT2D eigenvalue weighted by atomic mass is 10.2. The van der Waals surface area contributed by atoms with Gasteiger partial charge in [0, 0.05) is 11.4 Å². The fraction of sp³-hybridized carbons (Fsp3) is 0.368. The van der Waals surface area contributed by atoms with Crippen molar-refractivity contribution < 1.29 is 13.6 Å². The second kappa shape index (κ2) is 7.47. The van der Waals surface area contributed by atoms with Gasteiger partial charge in [0.25, 0.3) is 5.91 Å². The Morgan fingerprint density at radius 3 is 2.73 bits per heavy atom. The molecule has 0 bridgehead atoms. The highest BCUT2D eigenvalue weighted by Crippen LogP contribution is 2.28. The Morgan fingerprint density at radius 2 is 2.04 bits per heavy atom. The summed E-state index contributed by atoms with van der Waals surface area (Å²) in [6.45, 7) is 4.46. The van der Waals surface area contributed by atoms with Crippen molar-refractivity contribution >= 4 is 17.2 Å². The Bertz CT molecular complexity index is 849. The number of nitrogens with zero attached hydrogens (tertiary/aromatic N) is 2. The van der Waals surface area contributed by atoms with E-state index in [-0.39, 0.29) is 11.9 Å². The normalized spacial score (nSPS) is 16.0. The second-order valence-electron chi connectivity index (χ2n) is 6.39. The molecule has 1 aliphatic rings. The number of aryl methyl sites for hydroxylation is 1. The highest BCUT2D eigenvalue weighted by atomic mass is 32.1. The molecule has 4 rings (SSSR count). The zero-order chi connectivity index (χ0) is 17.9. The summed E-state index contributed by atoms with van der Waals surface area (Å²) >= 11 is 1.46. The summed E-state index contributed by atoms with van der Waals surface area (Å²) in [5.74, 6) is 1.41. The van der Waals surface area contributed by atoms with Gasteiger partial charge in [-0.3, -0.25) is 9.69 Å². The fourth-order valence-corrected chi connectivity index (χ4v) is 4.21. The van der Waals surface area contributed by atoms with Crippen LogP contribution in [0.15, 0.2) is 45.6 Å². The Labute approximate surface area is 155 Å². The van der Waals surface area contributed by atoms with Crippen molar-refractivity contribution in [3.63, 3.8) is 0 Å². The molecule has 1 N–H and O–H groups in total. The van der Waals surface area contributed by atoms with Crippen LogP contribution in [0.2, 0.25) is 0 Å². The largest absolute Gasteiger partial charge is 0.468 e. The maximum absolute atomic E-state index is 12.7. The standard InChI is InChI=1S/C19H21N3O3S/c1-13-17(21-19(26-13)16-7-5-11-25-16)18(23)20-12-14(15-6-4-10-24-15)22-8-2-3-9-22/h4-7,10-11,14H,2-3,8-9,12H2,1H3,(H,20,23). The minimum Gasteiger partial charge on any atom is -0.468 e. The summed E-state index contributed by atoms with van der Waals surface area (Å²) < 4.78 is 11.0. The predicted molar refractivity (Wildman–Crippen MR) is 99.1 cm³/mol. The van der Waals surface area contributed by atoms with E-state index in [4.69, 9.17) is 8.83 Å². The molecule has 1 unspecified atom stereocenters. The Balaban J connectivity index is 1.47. The summed E-state index contributed by atoms with van der Waals surface area (Å²) in [5.41, 5.74) is 0.459. The minimum atomic E-state index is -0.160. The van der Waals surface area contributed by atoms with Crippen LogP contribution >= 0.6 is 11.3 Å². The maximum atomic E-state index is 12.7. The molecule has 1 aliphatic heterocycles. The molecule has 7 heteroatoms. The summed E-state index contributed by atoms with van der Waals surface area (Å²) in [6, 6.07) is 7.58. The first-order valence-corrected chi connectivity index (χ1v) is 9.61. The van der Waals surface area contributed by atoms with Crippen LogP contribution in [0.4, 0.5) is 0 Å². The van der Waals surface area contributed by atoms with E-state index in [0.29, 0.717) is 18.0 Å². The number of hydrogen-bond acceptors (Lipinski definition) is 6. The quantitative estimate of drug-likeness (QED) is 0.712. The van der Waals surface area contributed by atoms with Gasteiger partial charge in [-0.15, -0.1) is 11.3 Å². The van der Waals surface area contributed by atoms with Gasteiger partial charge in [0.2, 0.25) is 0 Å². The molecule has 26 heavy (non-hydrogen) atoms. The topological polar surface area (TPSA) is 71.5 Å². The number of aromatic nitrogens is 1. The van der Waals surface area contributed by atoms with Crippen LogP contribution in [0.25, 0.3) is 10.8 Å². The van der Waals surface area contributed by atoms with Crippen LogP contribution in [0.5, 0.6) is 0 Å². The first kappa shape index (κ1) is 17.1. The van der Waals surface area contributed by atoms with E-state index in [1.165, 1.54) is 24.2 Å². The average Bonchev–Trinajstić information content (AvgIpc) is 3.42. The third-order valence-corrected chi connectivity index (χ3v) is 5.64. The molecule has 3 aromatic rings. The summed E-state index contributed by atoms with van der Waals surface area (Å²) in [7, 11) is 0. The van der Waals surface area contributed by atoms with E-state index in [2.05, 4.69) is 15.2 Å². The van der Waals surface area contributed by atoms with Gasteiger partial charge in [-0.25, -0.2) is 4.98 Å². The fourth-order valence-electron chi connectivity index (χ4n) is 3.33. The monoisotopic (exact) mass is 371 g/mol. The first-order chi connectivity index (χ1) is 12.7. The number of rotatable bonds is 6. The van der Waals surface area contributed by atoms with Gasteiger partial charge >= 0.3 is 0 Å². The zero-order valence-electron chi connectivity index (χ0n) is 14.6. The minimum absolute atomic E-state index is 0.0555. The first-order valence-electron chi connectivity index (χ1n) is 8.79. The van der Waals surface area contributed by atoms with Crippen molar-refractivity contribution in [2.75, 3.05) is 19.6 Å². The molecular formula is C19H21N3O3S. The van der Waals surface area contributed by atoms with E-state index < -0.39 is 0 Å². The second-order valence-corrected chi connectivity index (χ2v) is 7.59. The molecular weight excluding hydrogens is 350 g/mol. The van der Waals surface area contributed by atoms with E-state index in [1.807, 2.05) is 31.2 Å². The van der Waals surface area contributed by atoms with Crippen LogP contribution < -0.4 is 5.32 Å². The third kappa shape index (κ3) is 3.45. The molecule has 0 radical (unpaired) electrons. The molecule has 0 saturated carbocycles. The van der Waals surface area contributed by atoms with Crippen molar-refractivity contribution in [1.82, 2.24) is 15.2 Å². The molecule has 1 amide bonds. The molecule has 6 nitrogen and oxygen atoms in total. The van der Waals surface area contributed by atoms with E-state index in [9.17, 15) is 4.79 Å². The predicted octanol–water partition coefficient (Wildman–Crippen LogP) is 3.87. The van der Waals surface area contributed by atoms with Gasteiger partial charge in [0.15, 0.2) is 10.8 Å². The lowest BCUT2D eigenvalue weighted by Crippen LogP contribution is -2.36. The molecule has 1 fully saturated rings. The van der Waals surface area contributed by atoms with Crippen molar-refractivity contribution in [3.05, 3.63) is 53.1 Å². The van der Waals surface area contributed by atoms with Gasteiger partial charge in [-0.2, -0.15) is 0 Å². The van der Waals surface area contributed by atoms with Gasteiger partial charge in [-0.1, -0.05) is 0 Å². The molecule has 0 spiro atoms. The molecule has 0 aliphatic carbocycles. The van der Waals surface area contributed by atoms with Crippen molar-refractivity contribution in [2.24, 2.45) is 0 Å². The number of likely N-dealkylation sites (tertiary alicyclic amines) is 1. The average molecular weight is 371 g/mol. The molecule has 4 heterocycles. The number of amides is 1. The van der Waals surface area contributed by atoms with Crippen molar-refractivity contribution in [1.29, 1.82) is 0 Å². The lowest BCUT2D eigenvalue weighted by Gasteiger charge is -2.25. The van der Waals surface area contributed by atoms with Crippen LogP contribution in [0.3, 0.4) is 0 Å². The smallest absolute Gasteiger partial charge is 0.271 e. The third-order valence-electron chi connectivity index (χ3n) is 4.65. The number of carbonyl (C=O) groups is 1. The number of nitrogens with one attached hydrogen (secondary N) is 1. The van der Waals surface area contributed by atoms with Crippen LogP contribution in [-0.2, 0) is 0 Å². The number of carbonyl (C=O) groups excluding carboxylic acids is 1. The van der Waals surface area contributed by atoms with Gasteiger partial charge in [0.1, 0.15) is 11.5 Å². The summed E-state index contributed by atoms with van der Waals surface area (Å²) in [4.78, 5) is 20.4. The van der Waals surface area contributed by atoms with Crippen molar-refractivity contribution in [3.8, 4) is 10.8 Å². The van der Waals surface area contributed by atoms with E-state index in [1.54, 1.807) is 12.5 Å². The molecule has 136 valence electrons. The van der Waals surface area contributed by atoms with E-state index in [0.717, 1.165) is 28.7 Å². The molecule has 1 atom stereocenters.